The summed E-state index contributed by atoms with van der Waals surface area (Å²) in [5.41, 5.74) is 0.756. The molecule has 0 unspecified atom stereocenters. The number of hydrogen-bond acceptors (Lipinski definition) is 5. The van der Waals surface area contributed by atoms with Crippen LogP contribution in [0.15, 0.2) is 0 Å². The molecule has 100 valence electrons. The molecule has 1 amide bonds. The summed E-state index contributed by atoms with van der Waals surface area (Å²) in [6, 6.07) is 0. The number of aliphatic carboxylic acids is 1. The van der Waals surface area contributed by atoms with Crippen molar-refractivity contribution >= 4 is 28.3 Å². The number of carboxylic acids is 1. The highest BCUT2D eigenvalue weighted by molar-refractivity contribution is 7.15. The third-order valence-corrected chi connectivity index (χ3v) is 3.32. The van der Waals surface area contributed by atoms with Crippen LogP contribution in [0.25, 0.3) is 0 Å². The van der Waals surface area contributed by atoms with Gasteiger partial charge in [0.1, 0.15) is 0 Å². The van der Waals surface area contributed by atoms with Crippen LogP contribution in [0.1, 0.15) is 23.9 Å². The molecule has 0 fully saturated rings. The molecule has 7 heteroatoms. The lowest BCUT2D eigenvalue weighted by Gasteiger charge is -2.02. The van der Waals surface area contributed by atoms with Crippen molar-refractivity contribution in [1.82, 2.24) is 10.3 Å². The number of anilines is 1. The quantitative estimate of drug-likeness (QED) is 0.644. The van der Waals surface area contributed by atoms with Crippen LogP contribution in [-0.2, 0) is 16.0 Å². The van der Waals surface area contributed by atoms with E-state index in [1.165, 1.54) is 18.3 Å². The van der Waals surface area contributed by atoms with Gasteiger partial charge in [-0.1, -0.05) is 0 Å². The Morgan fingerprint density at radius 1 is 1.39 bits per heavy atom. The molecular formula is C11H17N3O3S. The normalized spacial score (nSPS) is 10.1. The number of nitrogens with one attached hydrogen (secondary N) is 2. The van der Waals surface area contributed by atoms with Crippen molar-refractivity contribution in [3.05, 3.63) is 10.6 Å². The van der Waals surface area contributed by atoms with E-state index in [9.17, 15) is 9.59 Å². The van der Waals surface area contributed by atoms with Gasteiger partial charge >= 0.3 is 5.97 Å². The number of carbonyl (C=O) groups is 2. The van der Waals surface area contributed by atoms with Crippen molar-refractivity contribution in [2.75, 3.05) is 18.4 Å². The number of thiazole rings is 1. The molecule has 0 radical (unpaired) electrons. The van der Waals surface area contributed by atoms with Crippen molar-refractivity contribution in [1.29, 1.82) is 0 Å². The number of rotatable bonds is 7. The van der Waals surface area contributed by atoms with E-state index in [4.69, 9.17) is 5.11 Å². The van der Waals surface area contributed by atoms with E-state index in [0.717, 1.165) is 22.1 Å². The zero-order valence-corrected chi connectivity index (χ0v) is 11.3. The minimum Gasteiger partial charge on any atom is -0.481 e. The third-order valence-electron chi connectivity index (χ3n) is 2.21. The van der Waals surface area contributed by atoms with E-state index in [2.05, 4.69) is 15.6 Å². The number of nitrogens with zero attached hydrogens (tertiary/aromatic N) is 1. The van der Waals surface area contributed by atoms with Gasteiger partial charge in [0.25, 0.3) is 0 Å². The summed E-state index contributed by atoms with van der Waals surface area (Å²) < 4.78 is 0. The first-order valence-electron chi connectivity index (χ1n) is 5.65. The Morgan fingerprint density at radius 3 is 2.72 bits per heavy atom. The van der Waals surface area contributed by atoms with Crippen molar-refractivity contribution in [3.8, 4) is 0 Å². The molecule has 0 saturated heterocycles. The Labute approximate surface area is 109 Å². The lowest BCUT2D eigenvalue weighted by Crippen LogP contribution is -2.22. The fraction of sp³-hybridized carbons (Fsp3) is 0.545. The molecule has 1 aromatic heterocycles. The summed E-state index contributed by atoms with van der Waals surface area (Å²) in [6.07, 6.45) is 0.809. The summed E-state index contributed by atoms with van der Waals surface area (Å²) in [5.74, 6) is -0.886. The van der Waals surface area contributed by atoms with Crippen LogP contribution >= 0.6 is 11.3 Å². The average molecular weight is 271 g/mol. The molecule has 1 rings (SSSR count). The second-order valence-electron chi connectivity index (χ2n) is 3.86. The minimum absolute atomic E-state index is 0.0110. The van der Waals surface area contributed by atoms with Gasteiger partial charge < -0.3 is 15.7 Å². The zero-order chi connectivity index (χ0) is 13.5. The summed E-state index contributed by atoms with van der Waals surface area (Å²) in [5, 5.41) is 15.3. The topological polar surface area (TPSA) is 91.3 Å². The predicted molar refractivity (Wildman–Crippen MR) is 70.0 cm³/mol. The van der Waals surface area contributed by atoms with Gasteiger partial charge in [0.05, 0.1) is 12.1 Å². The zero-order valence-electron chi connectivity index (χ0n) is 10.4. The lowest BCUT2D eigenvalue weighted by atomic mass is 10.3. The Morgan fingerprint density at radius 2 is 2.11 bits per heavy atom. The van der Waals surface area contributed by atoms with E-state index in [1.54, 1.807) is 6.92 Å². The van der Waals surface area contributed by atoms with Gasteiger partial charge in [0, 0.05) is 24.9 Å². The largest absolute Gasteiger partial charge is 0.481 e. The Kier molecular flexibility index (Phi) is 5.57. The maximum absolute atomic E-state index is 10.6. The standard InChI is InChI=1S/C11H17N3O3S/c1-7-9(6-10(16)17)18-11(14-7)13-5-3-4-12-8(2)15/h3-6H2,1-2H3,(H,12,15)(H,13,14)(H,16,17). The molecule has 6 nitrogen and oxygen atoms in total. The van der Waals surface area contributed by atoms with E-state index in [-0.39, 0.29) is 12.3 Å². The molecule has 0 aliphatic heterocycles. The number of hydrogen-bond donors (Lipinski definition) is 3. The van der Waals surface area contributed by atoms with E-state index < -0.39 is 5.97 Å². The third kappa shape index (κ3) is 5.13. The van der Waals surface area contributed by atoms with Crippen LogP contribution in [0.2, 0.25) is 0 Å². The number of aryl methyl sites for hydroxylation is 1. The highest BCUT2D eigenvalue weighted by Gasteiger charge is 2.10. The molecule has 0 aromatic carbocycles. The summed E-state index contributed by atoms with van der Waals surface area (Å²) in [4.78, 5) is 26.3. The molecule has 0 spiro atoms. The average Bonchev–Trinajstić information content (AvgIpc) is 2.57. The maximum atomic E-state index is 10.6. The fourth-order valence-corrected chi connectivity index (χ4v) is 2.33. The first-order chi connectivity index (χ1) is 8.49. The first kappa shape index (κ1) is 14.4. The number of carboxylic acid groups (broad SMARTS) is 1. The lowest BCUT2D eigenvalue weighted by molar-refractivity contribution is -0.136. The molecule has 3 N–H and O–H groups in total. The number of carbonyl (C=O) groups excluding carboxylic acids is 1. The van der Waals surface area contributed by atoms with Crippen molar-refractivity contribution in [2.45, 2.75) is 26.7 Å². The molecule has 0 bridgehead atoms. The number of aromatic nitrogens is 1. The van der Waals surface area contributed by atoms with Gasteiger partial charge in [-0.25, -0.2) is 4.98 Å². The highest BCUT2D eigenvalue weighted by atomic mass is 32.1. The predicted octanol–water partition coefficient (Wildman–Crippen LogP) is 1.02. The smallest absolute Gasteiger partial charge is 0.308 e. The molecule has 18 heavy (non-hydrogen) atoms. The van der Waals surface area contributed by atoms with Crippen LogP contribution in [-0.4, -0.2) is 35.1 Å². The van der Waals surface area contributed by atoms with Gasteiger partial charge in [-0.05, 0) is 13.3 Å². The molecule has 1 heterocycles. The highest BCUT2D eigenvalue weighted by Crippen LogP contribution is 2.22. The van der Waals surface area contributed by atoms with Crippen LogP contribution in [0.4, 0.5) is 5.13 Å². The van der Waals surface area contributed by atoms with Crippen LogP contribution in [0.3, 0.4) is 0 Å². The van der Waals surface area contributed by atoms with Gasteiger partial charge in [0.2, 0.25) is 5.91 Å². The molecule has 0 atom stereocenters. The molecule has 1 aromatic rings. The van der Waals surface area contributed by atoms with Crippen LogP contribution in [0.5, 0.6) is 0 Å². The molecule has 0 saturated carbocycles. The number of amides is 1. The molecule has 0 aliphatic rings. The fourth-order valence-electron chi connectivity index (χ4n) is 1.35. The van der Waals surface area contributed by atoms with Crippen molar-refractivity contribution < 1.29 is 14.7 Å². The SMILES string of the molecule is CC(=O)NCCCNc1nc(C)c(CC(=O)O)s1. The van der Waals surface area contributed by atoms with Gasteiger partial charge in [-0.3, -0.25) is 9.59 Å². The molecule has 0 aliphatic carbocycles. The second kappa shape index (κ2) is 6.95. The summed E-state index contributed by atoms with van der Waals surface area (Å²) in [7, 11) is 0. The van der Waals surface area contributed by atoms with E-state index in [0.29, 0.717) is 13.1 Å². The Bertz CT molecular complexity index is 431. The van der Waals surface area contributed by atoms with Crippen molar-refractivity contribution in [3.63, 3.8) is 0 Å². The van der Waals surface area contributed by atoms with Crippen LogP contribution in [0, 0.1) is 6.92 Å². The van der Waals surface area contributed by atoms with E-state index in [1.807, 2.05) is 0 Å². The van der Waals surface area contributed by atoms with Crippen LogP contribution < -0.4 is 10.6 Å². The molecular weight excluding hydrogens is 254 g/mol. The second-order valence-corrected chi connectivity index (χ2v) is 4.95. The summed E-state index contributed by atoms with van der Waals surface area (Å²) >= 11 is 1.36. The van der Waals surface area contributed by atoms with Gasteiger partial charge in [-0.2, -0.15) is 0 Å². The summed E-state index contributed by atoms with van der Waals surface area (Å²) in [6.45, 7) is 4.60. The van der Waals surface area contributed by atoms with Crippen molar-refractivity contribution in [2.24, 2.45) is 0 Å². The first-order valence-corrected chi connectivity index (χ1v) is 6.47. The Balaban J connectivity index is 2.34. The maximum Gasteiger partial charge on any atom is 0.308 e. The minimum atomic E-state index is -0.848. The monoisotopic (exact) mass is 271 g/mol. The van der Waals surface area contributed by atoms with Gasteiger partial charge in [-0.15, -0.1) is 11.3 Å². The van der Waals surface area contributed by atoms with Gasteiger partial charge in [0.15, 0.2) is 5.13 Å². The Hall–Kier alpha value is -1.63. The van der Waals surface area contributed by atoms with E-state index >= 15 is 0 Å².